The molecule has 1 aromatic rings. The fourth-order valence-corrected chi connectivity index (χ4v) is 2.98. The average molecular weight is 232 g/mol. The maximum absolute atomic E-state index is 5.39. The summed E-state index contributed by atoms with van der Waals surface area (Å²) in [5.74, 6) is 1.66. The number of nitrogens with one attached hydrogen (secondary N) is 1. The van der Waals surface area contributed by atoms with Gasteiger partial charge in [-0.25, -0.2) is 0 Å². The minimum Gasteiger partial charge on any atom is -0.493 e. The monoisotopic (exact) mass is 232 g/mol. The number of hydrogen-bond donors (Lipinski definition) is 1. The van der Waals surface area contributed by atoms with Gasteiger partial charge in [-0.1, -0.05) is 0 Å². The van der Waals surface area contributed by atoms with Crippen molar-refractivity contribution in [2.45, 2.75) is 18.9 Å². The first kappa shape index (κ1) is 10.7. The highest BCUT2D eigenvalue weighted by molar-refractivity contribution is 5.61. The van der Waals surface area contributed by atoms with Crippen LogP contribution in [-0.2, 0) is 0 Å². The Labute approximate surface area is 102 Å². The predicted molar refractivity (Wildman–Crippen MR) is 66.4 cm³/mol. The van der Waals surface area contributed by atoms with Gasteiger partial charge in [-0.3, -0.25) is 0 Å². The SMILES string of the molecule is COc1cc2c(cc1OC)C1CCC[NH+]1C=C2. The van der Waals surface area contributed by atoms with E-state index in [-0.39, 0.29) is 0 Å². The van der Waals surface area contributed by atoms with Crippen molar-refractivity contribution in [3.05, 3.63) is 29.5 Å². The third-order valence-electron chi connectivity index (χ3n) is 3.85. The van der Waals surface area contributed by atoms with Gasteiger partial charge in [0.15, 0.2) is 11.5 Å². The normalized spacial score (nSPS) is 25.3. The molecule has 2 unspecified atom stereocenters. The van der Waals surface area contributed by atoms with Crippen molar-refractivity contribution in [2.75, 3.05) is 20.8 Å². The molecule has 1 aromatic carbocycles. The Morgan fingerprint density at radius 3 is 2.71 bits per heavy atom. The van der Waals surface area contributed by atoms with E-state index in [0.717, 1.165) is 11.5 Å². The Bertz CT molecular complexity index is 468. The summed E-state index contributed by atoms with van der Waals surface area (Å²) in [4.78, 5) is 1.57. The average Bonchev–Trinajstić information content (AvgIpc) is 2.85. The summed E-state index contributed by atoms with van der Waals surface area (Å²) in [5, 5.41) is 0. The summed E-state index contributed by atoms with van der Waals surface area (Å²) in [6.07, 6.45) is 7.06. The third kappa shape index (κ3) is 1.62. The van der Waals surface area contributed by atoms with Crippen molar-refractivity contribution in [3.63, 3.8) is 0 Å². The largest absolute Gasteiger partial charge is 0.493 e. The molecule has 1 N–H and O–H groups in total. The number of benzene rings is 1. The van der Waals surface area contributed by atoms with Crippen LogP contribution in [0.1, 0.15) is 30.0 Å². The van der Waals surface area contributed by atoms with Crippen LogP contribution in [0.25, 0.3) is 6.08 Å². The molecule has 2 aliphatic rings. The van der Waals surface area contributed by atoms with Crippen LogP contribution in [0.15, 0.2) is 18.3 Å². The van der Waals surface area contributed by atoms with E-state index in [1.165, 1.54) is 30.5 Å². The molecule has 2 heterocycles. The van der Waals surface area contributed by atoms with E-state index in [4.69, 9.17) is 9.47 Å². The molecule has 17 heavy (non-hydrogen) atoms. The Morgan fingerprint density at radius 2 is 1.94 bits per heavy atom. The first-order valence-electron chi connectivity index (χ1n) is 6.13. The lowest BCUT2D eigenvalue weighted by Gasteiger charge is -2.24. The molecular weight excluding hydrogens is 214 g/mol. The predicted octanol–water partition coefficient (Wildman–Crippen LogP) is 1.41. The highest BCUT2D eigenvalue weighted by Crippen LogP contribution is 2.36. The van der Waals surface area contributed by atoms with E-state index in [1.54, 1.807) is 19.1 Å². The molecule has 0 amide bonds. The van der Waals surface area contributed by atoms with Crippen LogP contribution in [0.4, 0.5) is 0 Å². The quantitative estimate of drug-likeness (QED) is 0.833. The minimum atomic E-state index is 0.606. The fraction of sp³-hybridized carbons (Fsp3) is 0.429. The Kier molecular flexibility index (Phi) is 2.56. The number of methoxy groups -OCH3 is 2. The lowest BCUT2D eigenvalue weighted by Crippen LogP contribution is -3.06. The lowest BCUT2D eigenvalue weighted by molar-refractivity contribution is -0.866. The van der Waals surface area contributed by atoms with E-state index in [9.17, 15) is 0 Å². The summed E-state index contributed by atoms with van der Waals surface area (Å²) in [7, 11) is 3.38. The maximum Gasteiger partial charge on any atom is 0.161 e. The highest BCUT2D eigenvalue weighted by atomic mass is 16.5. The first-order chi connectivity index (χ1) is 8.33. The van der Waals surface area contributed by atoms with Crippen molar-refractivity contribution in [1.82, 2.24) is 0 Å². The van der Waals surface area contributed by atoms with Crippen LogP contribution >= 0.6 is 0 Å². The van der Waals surface area contributed by atoms with Crippen LogP contribution in [0.5, 0.6) is 11.5 Å². The third-order valence-corrected chi connectivity index (χ3v) is 3.85. The second-order valence-corrected chi connectivity index (χ2v) is 4.69. The molecule has 90 valence electrons. The van der Waals surface area contributed by atoms with Gasteiger partial charge in [0.1, 0.15) is 6.04 Å². The van der Waals surface area contributed by atoms with Gasteiger partial charge in [0, 0.05) is 18.4 Å². The smallest absolute Gasteiger partial charge is 0.161 e. The van der Waals surface area contributed by atoms with Crippen LogP contribution in [-0.4, -0.2) is 20.8 Å². The number of quaternary nitrogens is 1. The molecule has 0 spiro atoms. The second kappa shape index (κ2) is 4.08. The Morgan fingerprint density at radius 1 is 1.18 bits per heavy atom. The van der Waals surface area contributed by atoms with Gasteiger partial charge in [0.25, 0.3) is 0 Å². The van der Waals surface area contributed by atoms with Crippen LogP contribution in [0, 0.1) is 0 Å². The molecule has 0 aliphatic carbocycles. The topological polar surface area (TPSA) is 22.9 Å². The summed E-state index contributed by atoms with van der Waals surface area (Å²) in [6.45, 7) is 1.24. The van der Waals surface area contributed by atoms with E-state index in [2.05, 4.69) is 24.4 Å². The minimum absolute atomic E-state index is 0.606. The molecule has 2 aliphatic heterocycles. The molecule has 1 fully saturated rings. The zero-order valence-corrected chi connectivity index (χ0v) is 10.3. The van der Waals surface area contributed by atoms with Crippen LogP contribution < -0.4 is 14.4 Å². The lowest BCUT2D eigenvalue weighted by atomic mass is 9.95. The van der Waals surface area contributed by atoms with Gasteiger partial charge in [-0.2, -0.15) is 0 Å². The number of ether oxygens (including phenoxy) is 2. The van der Waals surface area contributed by atoms with E-state index in [0.29, 0.717) is 6.04 Å². The molecule has 0 saturated carbocycles. The molecule has 2 atom stereocenters. The van der Waals surface area contributed by atoms with Crippen LogP contribution in [0.3, 0.4) is 0 Å². The molecule has 3 rings (SSSR count). The standard InChI is InChI=1S/C14H17NO2/c1-16-13-8-10-5-7-15-6-3-4-12(15)11(10)9-14(13)17-2/h5,7-9,12H,3-4,6H2,1-2H3/p+1. The molecule has 1 saturated heterocycles. The van der Waals surface area contributed by atoms with Crippen LogP contribution in [0.2, 0.25) is 0 Å². The molecule has 3 nitrogen and oxygen atoms in total. The van der Waals surface area contributed by atoms with E-state index < -0.39 is 0 Å². The summed E-state index contributed by atoms with van der Waals surface area (Å²) < 4.78 is 10.7. The molecular formula is C14H18NO2+. The summed E-state index contributed by atoms with van der Waals surface area (Å²) >= 11 is 0. The first-order valence-corrected chi connectivity index (χ1v) is 6.13. The molecule has 0 bridgehead atoms. The number of hydrogen-bond acceptors (Lipinski definition) is 2. The summed E-state index contributed by atoms with van der Waals surface area (Å²) in [6, 6.07) is 4.84. The zero-order chi connectivity index (χ0) is 11.8. The Balaban J connectivity index is 2.10. The number of fused-ring (bicyclic) bond motifs is 3. The van der Waals surface area contributed by atoms with Gasteiger partial charge in [0.2, 0.25) is 0 Å². The second-order valence-electron chi connectivity index (χ2n) is 4.69. The summed E-state index contributed by atoms with van der Waals surface area (Å²) in [5.41, 5.74) is 2.68. The van der Waals surface area contributed by atoms with Crippen molar-refractivity contribution >= 4 is 6.08 Å². The maximum atomic E-state index is 5.39. The molecule has 0 aromatic heterocycles. The van der Waals surface area contributed by atoms with Gasteiger partial charge >= 0.3 is 0 Å². The fourth-order valence-electron chi connectivity index (χ4n) is 2.98. The van der Waals surface area contributed by atoms with Gasteiger partial charge < -0.3 is 14.4 Å². The van der Waals surface area contributed by atoms with Gasteiger partial charge in [-0.15, -0.1) is 0 Å². The molecule has 0 radical (unpaired) electrons. The van der Waals surface area contributed by atoms with Gasteiger partial charge in [-0.05, 0) is 23.8 Å². The molecule has 3 heteroatoms. The Hall–Kier alpha value is -1.48. The van der Waals surface area contributed by atoms with Crippen molar-refractivity contribution in [3.8, 4) is 11.5 Å². The zero-order valence-electron chi connectivity index (χ0n) is 10.3. The van der Waals surface area contributed by atoms with E-state index >= 15 is 0 Å². The highest BCUT2D eigenvalue weighted by Gasteiger charge is 2.33. The van der Waals surface area contributed by atoms with Gasteiger partial charge in [0.05, 0.1) is 27.0 Å². The van der Waals surface area contributed by atoms with Crippen molar-refractivity contribution in [2.24, 2.45) is 0 Å². The van der Waals surface area contributed by atoms with E-state index in [1.807, 2.05) is 0 Å². The van der Waals surface area contributed by atoms with Crippen molar-refractivity contribution < 1.29 is 14.4 Å². The number of rotatable bonds is 2. The van der Waals surface area contributed by atoms with Crippen molar-refractivity contribution in [1.29, 1.82) is 0 Å².